The highest BCUT2D eigenvalue weighted by molar-refractivity contribution is 7.15. The molecule has 2 rings (SSSR count). The van der Waals surface area contributed by atoms with Gasteiger partial charge < -0.3 is 10.0 Å². The fraction of sp³-hybridized carbons (Fsp3) is 0.750. The lowest BCUT2D eigenvalue weighted by Crippen LogP contribution is -2.29. The molecule has 1 N–H and O–H groups in total. The largest absolute Gasteiger partial charge is 0.445 e. The third-order valence-electron chi connectivity index (χ3n) is 2.38. The number of hydrogen-bond donors (Lipinski definition) is 1. The first-order valence-electron chi connectivity index (χ1n) is 4.66. The molecule has 1 aromatic heterocycles. The van der Waals surface area contributed by atoms with Crippen molar-refractivity contribution < 1.29 is 18.3 Å². The van der Waals surface area contributed by atoms with E-state index in [1.807, 2.05) is 0 Å². The third kappa shape index (κ3) is 2.27. The molecule has 1 unspecified atom stereocenters. The summed E-state index contributed by atoms with van der Waals surface area (Å²) in [5, 5.41) is 15.5. The van der Waals surface area contributed by atoms with E-state index in [9.17, 15) is 18.3 Å². The van der Waals surface area contributed by atoms with Crippen LogP contribution in [0.15, 0.2) is 0 Å². The highest BCUT2D eigenvalue weighted by Gasteiger charge is 2.38. The number of anilines is 1. The van der Waals surface area contributed by atoms with Gasteiger partial charge in [0, 0.05) is 13.1 Å². The molecule has 1 aliphatic heterocycles. The first-order valence-corrected chi connectivity index (χ1v) is 5.48. The van der Waals surface area contributed by atoms with Crippen molar-refractivity contribution >= 4 is 16.5 Å². The number of alkyl halides is 3. The van der Waals surface area contributed by atoms with Crippen LogP contribution in [-0.2, 0) is 6.18 Å². The Kier molecular flexibility index (Phi) is 2.58. The predicted octanol–water partition coefficient (Wildman–Crippen LogP) is 1.52. The molecule has 0 bridgehead atoms. The van der Waals surface area contributed by atoms with Gasteiger partial charge in [-0.2, -0.15) is 13.2 Å². The van der Waals surface area contributed by atoms with Crippen LogP contribution in [0.4, 0.5) is 18.3 Å². The predicted molar refractivity (Wildman–Crippen MR) is 52.4 cm³/mol. The van der Waals surface area contributed by atoms with Gasteiger partial charge in [0.05, 0.1) is 5.60 Å². The SMILES string of the molecule is CC1(O)CCN(c2nnc(C(F)(F)F)s2)C1. The standard InChI is InChI=1S/C8H10F3N3OS/c1-7(15)2-3-14(4-7)6-13-12-5(16-6)8(9,10)11/h15H,2-4H2,1H3. The number of halogens is 3. The maximum absolute atomic E-state index is 12.3. The Morgan fingerprint density at radius 1 is 1.44 bits per heavy atom. The zero-order valence-electron chi connectivity index (χ0n) is 8.45. The van der Waals surface area contributed by atoms with E-state index in [4.69, 9.17) is 0 Å². The van der Waals surface area contributed by atoms with Crippen LogP contribution in [0.25, 0.3) is 0 Å². The van der Waals surface area contributed by atoms with Gasteiger partial charge in [-0.15, -0.1) is 10.2 Å². The molecule has 0 aliphatic carbocycles. The van der Waals surface area contributed by atoms with Crippen LogP contribution < -0.4 is 4.90 Å². The van der Waals surface area contributed by atoms with Crippen molar-refractivity contribution in [1.82, 2.24) is 10.2 Å². The van der Waals surface area contributed by atoms with Crippen molar-refractivity contribution in [3.63, 3.8) is 0 Å². The molecule has 1 saturated heterocycles. The van der Waals surface area contributed by atoms with Gasteiger partial charge in [-0.3, -0.25) is 0 Å². The van der Waals surface area contributed by atoms with Crippen molar-refractivity contribution in [2.45, 2.75) is 25.1 Å². The number of rotatable bonds is 1. The summed E-state index contributed by atoms with van der Waals surface area (Å²) in [6.45, 7) is 2.44. The van der Waals surface area contributed by atoms with Crippen LogP contribution in [0.1, 0.15) is 18.4 Å². The molecule has 4 nitrogen and oxygen atoms in total. The van der Waals surface area contributed by atoms with E-state index < -0.39 is 16.8 Å². The normalized spacial score (nSPS) is 26.4. The maximum Gasteiger partial charge on any atom is 0.445 e. The molecule has 1 aromatic rings. The van der Waals surface area contributed by atoms with Crippen LogP contribution in [0.5, 0.6) is 0 Å². The number of aliphatic hydroxyl groups is 1. The van der Waals surface area contributed by atoms with Gasteiger partial charge in [-0.1, -0.05) is 11.3 Å². The summed E-state index contributed by atoms with van der Waals surface area (Å²) in [4.78, 5) is 1.62. The fourth-order valence-electron chi connectivity index (χ4n) is 1.57. The second-order valence-electron chi connectivity index (χ2n) is 4.06. The number of aromatic nitrogens is 2. The van der Waals surface area contributed by atoms with E-state index in [2.05, 4.69) is 10.2 Å². The Bertz CT molecular complexity index is 390. The van der Waals surface area contributed by atoms with Gasteiger partial charge in [-0.25, -0.2) is 0 Å². The molecule has 0 saturated carbocycles. The lowest BCUT2D eigenvalue weighted by Gasteiger charge is -2.17. The van der Waals surface area contributed by atoms with E-state index in [1.165, 1.54) is 0 Å². The lowest BCUT2D eigenvalue weighted by molar-refractivity contribution is -0.138. The molecule has 16 heavy (non-hydrogen) atoms. The summed E-state index contributed by atoms with van der Waals surface area (Å²) >= 11 is 0.505. The average Bonchev–Trinajstić information content (AvgIpc) is 2.68. The van der Waals surface area contributed by atoms with E-state index in [0.717, 1.165) is 0 Å². The minimum atomic E-state index is -4.45. The molecule has 1 aliphatic rings. The third-order valence-corrected chi connectivity index (χ3v) is 3.41. The van der Waals surface area contributed by atoms with Gasteiger partial charge in [-0.05, 0) is 13.3 Å². The molecule has 0 spiro atoms. The molecular weight excluding hydrogens is 243 g/mol. The van der Waals surface area contributed by atoms with Crippen molar-refractivity contribution in [2.75, 3.05) is 18.0 Å². The average molecular weight is 253 g/mol. The van der Waals surface area contributed by atoms with Gasteiger partial charge in [0.25, 0.3) is 0 Å². The summed E-state index contributed by atoms with van der Waals surface area (Å²) in [6.07, 6.45) is -3.92. The monoisotopic (exact) mass is 253 g/mol. The summed E-state index contributed by atoms with van der Waals surface area (Å²) < 4.78 is 36.8. The molecule has 0 aromatic carbocycles. The molecule has 1 fully saturated rings. The molecule has 1 atom stereocenters. The van der Waals surface area contributed by atoms with Gasteiger partial charge in [0.15, 0.2) is 0 Å². The summed E-state index contributed by atoms with van der Waals surface area (Å²) in [5.41, 5.74) is -0.857. The fourth-order valence-corrected chi connectivity index (χ4v) is 2.30. The Morgan fingerprint density at radius 2 is 2.12 bits per heavy atom. The van der Waals surface area contributed by atoms with Crippen molar-refractivity contribution in [3.05, 3.63) is 5.01 Å². The Balaban J connectivity index is 2.15. The second-order valence-corrected chi connectivity index (χ2v) is 5.01. The highest BCUT2D eigenvalue weighted by Crippen LogP contribution is 2.36. The second kappa shape index (κ2) is 3.56. The zero-order valence-corrected chi connectivity index (χ0v) is 9.27. The Labute approximate surface area is 93.7 Å². The number of β-amino-alcohol motifs (C(OH)–C–C–N with tert-alkyl or cyclic N) is 1. The summed E-state index contributed by atoms with van der Waals surface area (Å²) in [7, 11) is 0. The number of hydrogen-bond acceptors (Lipinski definition) is 5. The Morgan fingerprint density at radius 3 is 2.56 bits per heavy atom. The quantitative estimate of drug-likeness (QED) is 0.824. The van der Waals surface area contributed by atoms with Crippen LogP contribution in [0.2, 0.25) is 0 Å². The van der Waals surface area contributed by atoms with Crippen LogP contribution in [-0.4, -0.2) is 34.0 Å². The van der Waals surface area contributed by atoms with Gasteiger partial charge >= 0.3 is 6.18 Å². The van der Waals surface area contributed by atoms with E-state index in [0.29, 0.717) is 30.8 Å². The molecule has 0 amide bonds. The molecule has 2 heterocycles. The summed E-state index contributed by atoms with van der Waals surface area (Å²) in [5.74, 6) is 0. The first-order chi connectivity index (χ1) is 7.28. The molecule has 8 heteroatoms. The minimum absolute atomic E-state index is 0.213. The van der Waals surface area contributed by atoms with E-state index >= 15 is 0 Å². The van der Waals surface area contributed by atoms with Crippen LogP contribution >= 0.6 is 11.3 Å². The van der Waals surface area contributed by atoms with Gasteiger partial charge in [0.2, 0.25) is 10.1 Å². The highest BCUT2D eigenvalue weighted by atomic mass is 32.1. The lowest BCUT2D eigenvalue weighted by atomic mass is 10.1. The van der Waals surface area contributed by atoms with Crippen molar-refractivity contribution in [2.24, 2.45) is 0 Å². The molecular formula is C8H10F3N3OS. The van der Waals surface area contributed by atoms with Gasteiger partial charge in [0.1, 0.15) is 0 Å². The van der Waals surface area contributed by atoms with Crippen molar-refractivity contribution in [1.29, 1.82) is 0 Å². The van der Waals surface area contributed by atoms with Crippen molar-refractivity contribution in [3.8, 4) is 0 Å². The van der Waals surface area contributed by atoms with E-state index in [-0.39, 0.29) is 5.13 Å². The number of nitrogens with zero attached hydrogens (tertiary/aromatic N) is 3. The first kappa shape index (κ1) is 11.6. The van der Waals surface area contributed by atoms with Crippen LogP contribution in [0.3, 0.4) is 0 Å². The topological polar surface area (TPSA) is 49.2 Å². The van der Waals surface area contributed by atoms with Crippen LogP contribution in [0, 0.1) is 0 Å². The maximum atomic E-state index is 12.3. The minimum Gasteiger partial charge on any atom is -0.388 e. The molecule has 0 radical (unpaired) electrons. The molecule has 90 valence electrons. The zero-order chi connectivity index (χ0) is 12.0. The Hall–Kier alpha value is -0.890. The summed E-state index contributed by atoms with van der Waals surface area (Å²) in [6, 6.07) is 0. The van der Waals surface area contributed by atoms with E-state index in [1.54, 1.807) is 11.8 Å². The smallest absolute Gasteiger partial charge is 0.388 e.